The van der Waals surface area contributed by atoms with E-state index in [0.717, 1.165) is 21.9 Å². The Bertz CT molecular complexity index is 982. The summed E-state index contributed by atoms with van der Waals surface area (Å²) in [5.41, 5.74) is 2.15. The Morgan fingerprint density at radius 3 is 2.16 bits per heavy atom. The minimum atomic E-state index is -3.73. The molecule has 0 amide bonds. The van der Waals surface area contributed by atoms with Gasteiger partial charge in [0.25, 0.3) is 0 Å². The molecule has 1 aliphatic rings. The van der Waals surface area contributed by atoms with Crippen LogP contribution in [-0.2, 0) is 26.5 Å². The molecule has 1 aliphatic carbocycles. The first-order chi connectivity index (χ1) is 11.7. The number of sulfonamides is 2. The van der Waals surface area contributed by atoms with E-state index in [4.69, 9.17) is 0 Å². The molecule has 8 heteroatoms. The van der Waals surface area contributed by atoms with E-state index in [2.05, 4.69) is 4.72 Å². The van der Waals surface area contributed by atoms with E-state index in [1.54, 1.807) is 0 Å². The average Bonchev–Trinajstić information content (AvgIpc) is 2.97. The minimum Gasteiger partial charge on any atom is -0.207 e. The highest BCUT2D eigenvalue weighted by Crippen LogP contribution is 2.32. The number of benzene rings is 2. The molecule has 0 aromatic heterocycles. The number of aryl methyl sites for hydroxylation is 1. The van der Waals surface area contributed by atoms with Gasteiger partial charge in [-0.2, -0.15) is 0 Å². The average molecular weight is 380 g/mol. The molecule has 1 N–H and O–H groups in total. The lowest BCUT2D eigenvalue weighted by Crippen LogP contribution is -2.27. The second-order valence-electron chi connectivity index (χ2n) is 6.17. The van der Waals surface area contributed by atoms with Gasteiger partial charge in [-0.15, -0.1) is 0 Å². The molecule has 1 unspecified atom stereocenters. The summed E-state index contributed by atoms with van der Waals surface area (Å²) in [5, 5.41) is 0. The van der Waals surface area contributed by atoms with E-state index in [9.17, 15) is 16.8 Å². The van der Waals surface area contributed by atoms with Gasteiger partial charge in [0.05, 0.1) is 9.79 Å². The van der Waals surface area contributed by atoms with Crippen LogP contribution < -0.4 is 4.72 Å². The zero-order chi connectivity index (χ0) is 18.2. The maximum Gasteiger partial charge on any atom is 0.242 e. The van der Waals surface area contributed by atoms with Crippen LogP contribution in [0.3, 0.4) is 0 Å². The van der Waals surface area contributed by atoms with E-state index in [1.807, 2.05) is 24.3 Å². The predicted octanol–water partition coefficient (Wildman–Crippen LogP) is 1.90. The van der Waals surface area contributed by atoms with Crippen molar-refractivity contribution in [3.63, 3.8) is 0 Å². The van der Waals surface area contributed by atoms with Crippen molar-refractivity contribution in [3.05, 3.63) is 59.7 Å². The Balaban J connectivity index is 1.84. The SMILES string of the molecule is CN(C)S(=O)(=O)c1ccc(S(=O)(=O)NC2CCc3ccccc32)cc1. The molecular weight excluding hydrogens is 360 g/mol. The highest BCUT2D eigenvalue weighted by Gasteiger charge is 2.27. The minimum absolute atomic E-state index is 0.0505. The topological polar surface area (TPSA) is 83.6 Å². The maximum absolute atomic E-state index is 12.6. The van der Waals surface area contributed by atoms with Crippen molar-refractivity contribution in [3.8, 4) is 0 Å². The summed E-state index contributed by atoms with van der Waals surface area (Å²) in [6, 6.07) is 12.8. The number of rotatable bonds is 5. The molecule has 0 saturated heterocycles. The molecule has 0 fully saturated rings. The van der Waals surface area contributed by atoms with Gasteiger partial charge in [0.15, 0.2) is 0 Å². The third-order valence-electron chi connectivity index (χ3n) is 4.34. The molecule has 0 bridgehead atoms. The lowest BCUT2D eigenvalue weighted by molar-refractivity contribution is 0.520. The van der Waals surface area contributed by atoms with Crippen molar-refractivity contribution in [2.45, 2.75) is 28.7 Å². The van der Waals surface area contributed by atoms with Crippen LogP contribution in [0.15, 0.2) is 58.3 Å². The Kier molecular flexibility index (Phi) is 4.72. The Morgan fingerprint density at radius 2 is 1.52 bits per heavy atom. The Labute approximate surface area is 148 Å². The Hall–Kier alpha value is -1.74. The smallest absolute Gasteiger partial charge is 0.207 e. The first-order valence-electron chi connectivity index (χ1n) is 7.84. The number of nitrogens with zero attached hydrogens (tertiary/aromatic N) is 1. The lowest BCUT2D eigenvalue weighted by Gasteiger charge is -2.15. The maximum atomic E-state index is 12.6. The zero-order valence-electron chi connectivity index (χ0n) is 14.0. The van der Waals surface area contributed by atoms with Gasteiger partial charge in [-0.05, 0) is 48.2 Å². The summed E-state index contributed by atoms with van der Waals surface area (Å²) in [4.78, 5) is 0.109. The van der Waals surface area contributed by atoms with Gasteiger partial charge >= 0.3 is 0 Å². The van der Waals surface area contributed by atoms with Crippen LogP contribution in [0.4, 0.5) is 0 Å². The lowest BCUT2D eigenvalue weighted by atomic mass is 10.1. The van der Waals surface area contributed by atoms with E-state index < -0.39 is 20.0 Å². The van der Waals surface area contributed by atoms with Crippen LogP contribution in [0.25, 0.3) is 0 Å². The molecule has 2 aromatic carbocycles. The Morgan fingerprint density at radius 1 is 0.920 bits per heavy atom. The van der Waals surface area contributed by atoms with Gasteiger partial charge in [-0.25, -0.2) is 25.9 Å². The fraction of sp³-hybridized carbons (Fsp3) is 0.294. The third kappa shape index (κ3) is 3.48. The molecule has 0 spiro atoms. The molecular formula is C17H20N2O4S2. The van der Waals surface area contributed by atoms with E-state index >= 15 is 0 Å². The summed E-state index contributed by atoms with van der Waals surface area (Å²) in [6.45, 7) is 0. The number of fused-ring (bicyclic) bond motifs is 1. The number of hydrogen-bond acceptors (Lipinski definition) is 4. The fourth-order valence-corrected chi connectivity index (χ4v) is 5.09. The van der Waals surface area contributed by atoms with Crippen LogP contribution in [0, 0.1) is 0 Å². The molecule has 134 valence electrons. The van der Waals surface area contributed by atoms with Gasteiger partial charge in [-0.1, -0.05) is 24.3 Å². The molecule has 0 saturated carbocycles. The van der Waals surface area contributed by atoms with Gasteiger partial charge in [0.1, 0.15) is 0 Å². The second-order valence-corrected chi connectivity index (χ2v) is 10.0. The zero-order valence-corrected chi connectivity index (χ0v) is 15.6. The standard InChI is InChI=1S/C17H20N2O4S2/c1-19(2)25(22,23)15-10-8-14(9-11-15)24(20,21)18-17-12-7-13-5-3-4-6-16(13)17/h3-6,8-11,17-18H,7,12H2,1-2H3. The van der Waals surface area contributed by atoms with E-state index in [1.165, 1.54) is 38.4 Å². The van der Waals surface area contributed by atoms with Crippen molar-refractivity contribution >= 4 is 20.0 Å². The number of hydrogen-bond donors (Lipinski definition) is 1. The first-order valence-corrected chi connectivity index (χ1v) is 10.8. The third-order valence-corrected chi connectivity index (χ3v) is 7.66. The normalized spacial score (nSPS) is 17.6. The molecule has 3 rings (SSSR count). The molecule has 0 radical (unpaired) electrons. The monoisotopic (exact) mass is 380 g/mol. The summed E-state index contributed by atoms with van der Waals surface area (Å²) < 4.78 is 53.2. The molecule has 6 nitrogen and oxygen atoms in total. The second kappa shape index (κ2) is 6.53. The predicted molar refractivity (Wildman–Crippen MR) is 95.1 cm³/mol. The van der Waals surface area contributed by atoms with Gasteiger partial charge in [0, 0.05) is 20.1 Å². The van der Waals surface area contributed by atoms with E-state index in [-0.39, 0.29) is 15.8 Å². The van der Waals surface area contributed by atoms with Crippen molar-refractivity contribution in [1.82, 2.24) is 9.03 Å². The van der Waals surface area contributed by atoms with Crippen molar-refractivity contribution in [1.29, 1.82) is 0 Å². The quantitative estimate of drug-likeness (QED) is 0.859. The molecule has 0 aliphatic heterocycles. The van der Waals surface area contributed by atoms with Crippen LogP contribution in [0.5, 0.6) is 0 Å². The summed E-state index contributed by atoms with van der Waals surface area (Å²) in [6.07, 6.45) is 1.55. The highest BCUT2D eigenvalue weighted by atomic mass is 32.2. The summed E-state index contributed by atoms with van der Waals surface area (Å²) >= 11 is 0. The largest absolute Gasteiger partial charge is 0.242 e. The molecule has 1 atom stereocenters. The summed E-state index contributed by atoms with van der Waals surface area (Å²) in [5.74, 6) is 0. The van der Waals surface area contributed by atoms with Crippen molar-refractivity contribution < 1.29 is 16.8 Å². The van der Waals surface area contributed by atoms with Gasteiger partial charge < -0.3 is 0 Å². The molecule has 25 heavy (non-hydrogen) atoms. The number of nitrogens with one attached hydrogen (secondary N) is 1. The summed E-state index contributed by atoms with van der Waals surface area (Å²) in [7, 11) is -4.45. The highest BCUT2D eigenvalue weighted by molar-refractivity contribution is 7.89. The van der Waals surface area contributed by atoms with Crippen LogP contribution in [-0.4, -0.2) is 35.2 Å². The fourth-order valence-electron chi connectivity index (χ4n) is 2.94. The van der Waals surface area contributed by atoms with Crippen LogP contribution in [0.2, 0.25) is 0 Å². The van der Waals surface area contributed by atoms with Crippen LogP contribution >= 0.6 is 0 Å². The van der Waals surface area contributed by atoms with E-state index in [0.29, 0.717) is 6.42 Å². The van der Waals surface area contributed by atoms with Gasteiger partial charge in [-0.3, -0.25) is 0 Å². The first kappa shape index (κ1) is 18.1. The molecule has 2 aromatic rings. The van der Waals surface area contributed by atoms with Crippen LogP contribution in [0.1, 0.15) is 23.6 Å². The molecule has 0 heterocycles. The van der Waals surface area contributed by atoms with Crippen molar-refractivity contribution in [2.24, 2.45) is 0 Å². The van der Waals surface area contributed by atoms with Crippen molar-refractivity contribution in [2.75, 3.05) is 14.1 Å². The van der Waals surface area contributed by atoms with Gasteiger partial charge in [0.2, 0.25) is 20.0 Å².